The van der Waals surface area contributed by atoms with Gasteiger partial charge in [0.25, 0.3) is 0 Å². The summed E-state index contributed by atoms with van der Waals surface area (Å²) in [4.78, 5) is 2.26. The Hall–Kier alpha value is -0.860. The number of nitrogens with one attached hydrogen (secondary N) is 1. The lowest BCUT2D eigenvalue weighted by Gasteiger charge is -2.28. The van der Waals surface area contributed by atoms with E-state index in [9.17, 15) is 0 Å². The van der Waals surface area contributed by atoms with Crippen LogP contribution >= 0.6 is 0 Å². The van der Waals surface area contributed by atoms with Crippen molar-refractivity contribution in [1.82, 2.24) is 10.2 Å². The predicted molar refractivity (Wildman–Crippen MR) is 82.5 cm³/mol. The molecule has 0 bridgehead atoms. The highest BCUT2D eigenvalue weighted by atomic mass is 15.0. The number of aryl methyl sites for hydroxylation is 1. The molecule has 0 saturated carbocycles. The van der Waals surface area contributed by atoms with E-state index in [0.717, 1.165) is 12.5 Å². The van der Waals surface area contributed by atoms with Gasteiger partial charge in [0.1, 0.15) is 0 Å². The molecule has 0 aromatic heterocycles. The smallest absolute Gasteiger partial charge is 0.0320 e. The Balaban J connectivity index is 1.91. The topological polar surface area (TPSA) is 15.3 Å². The number of benzene rings is 1. The molecule has 2 heteroatoms. The van der Waals surface area contributed by atoms with Crippen molar-refractivity contribution < 1.29 is 0 Å². The fraction of sp³-hybridized carbons (Fsp3) is 0.647. The van der Waals surface area contributed by atoms with Crippen LogP contribution in [0.15, 0.2) is 24.3 Å². The van der Waals surface area contributed by atoms with Crippen LogP contribution in [0.1, 0.15) is 43.4 Å². The van der Waals surface area contributed by atoms with Gasteiger partial charge >= 0.3 is 0 Å². The second kappa shape index (κ2) is 7.06. The first-order chi connectivity index (χ1) is 9.15. The lowest BCUT2D eigenvalue weighted by molar-refractivity contribution is 0.333. The molecule has 19 heavy (non-hydrogen) atoms. The molecule has 1 fully saturated rings. The van der Waals surface area contributed by atoms with Crippen LogP contribution in [-0.4, -0.2) is 32.1 Å². The molecule has 2 nitrogen and oxygen atoms in total. The minimum absolute atomic E-state index is 0.574. The van der Waals surface area contributed by atoms with E-state index in [1.54, 1.807) is 0 Å². The van der Waals surface area contributed by atoms with Crippen molar-refractivity contribution in [2.24, 2.45) is 5.92 Å². The van der Waals surface area contributed by atoms with E-state index in [2.05, 4.69) is 55.5 Å². The molecule has 1 N–H and O–H groups in total. The van der Waals surface area contributed by atoms with E-state index in [1.165, 1.54) is 43.4 Å². The first kappa shape index (κ1) is 14.5. The molecular weight excluding hydrogens is 232 g/mol. The van der Waals surface area contributed by atoms with E-state index in [0.29, 0.717) is 6.04 Å². The van der Waals surface area contributed by atoms with E-state index in [-0.39, 0.29) is 0 Å². The first-order valence-electron chi connectivity index (χ1n) is 7.62. The average molecular weight is 260 g/mol. The summed E-state index contributed by atoms with van der Waals surface area (Å²) in [6.45, 7) is 4.67. The largest absolute Gasteiger partial charge is 0.310 e. The molecule has 106 valence electrons. The number of rotatable bonds is 5. The van der Waals surface area contributed by atoms with Crippen LogP contribution < -0.4 is 5.32 Å². The van der Waals surface area contributed by atoms with Gasteiger partial charge in [-0.15, -0.1) is 0 Å². The zero-order chi connectivity index (χ0) is 13.7. The summed E-state index contributed by atoms with van der Waals surface area (Å²) < 4.78 is 0. The third-order valence-electron chi connectivity index (χ3n) is 4.09. The van der Waals surface area contributed by atoms with Crippen LogP contribution in [0.25, 0.3) is 0 Å². The van der Waals surface area contributed by atoms with Crippen LogP contribution in [-0.2, 0) is 6.42 Å². The van der Waals surface area contributed by atoms with Crippen molar-refractivity contribution in [2.45, 2.75) is 38.6 Å². The Bertz CT molecular complexity index is 379. The van der Waals surface area contributed by atoms with Gasteiger partial charge in [-0.1, -0.05) is 31.2 Å². The molecule has 1 aliphatic heterocycles. The summed E-state index contributed by atoms with van der Waals surface area (Å²) in [6, 6.07) is 9.75. The zero-order valence-corrected chi connectivity index (χ0v) is 12.7. The molecule has 1 heterocycles. The maximum atomic E-state index is 3.68. The molecule has 1 aliphatic rings. The number of piperidine rings is 1. The van der Waals surface area contributed by atoms with Crippen molar-refractivity contribution in [1.29, 1.82) is 0 Å². The quantitative estimate of drug-likeness (QED) is 0.874. The molecule has 2 atom stereocenters. The average Bonchev–Trinajstić information content (AvgIpc) is 2.39. The standard InChI is InChI=1S/C17H28N2/c1-14-9-10-17(18-13-14)16-8-4-6-15(12-16)7-5-11-19(2)3/h4,6,8,12,14,17-18H,5,7,9-11,13H2,1-3H3. The normalized spacial score (nSPS) is 23.8. The van der Waals surface area contributed by atoms with Crippen molar-refractivity contribution in [3.63, 3.8) is 0 Å². The Morgan fingerprint density at radius 3 is 2.79 bits per heavy atom. The highest BCUT2D eigenvalue weighted by molar-refractivity contribution is 5.26. The Morgan fingerprint density at radius 2 is 2.11 bits per heavy atom. The zero-order valence-electron chi connectivity index (χ0n) is 12.7. The van der Waals surface area contributed by atoms with Crippen LogP contribution in [0.5, 0.6) is 0 Å². The van der Waals surface area contributed by atoms with E-state index in [1.807, 2.05) is 0 Å². The molecule has 1 saturated heterocycles. The monoisotopic (exact) mass is 260 g/mol. The van der Waals surface area contributed by atoms with Gasteiger partial charge in [-0.2, -0.15) is 0 Å². The highest BCUT2D eigenvalue weighted by Gasteiger charge is 2.18. The fourth-order valence-corrected chi connectivity index (χ4v) is 2.85. The van der Waals surface area contributed by atoms with Gasteiger partial charge in [0.15, 0.2) is 0 Å². The molecule has 2 unspecified atom stereocenters. The first-order valence-corrected chi connectivity index (χ1v) is 7.62. The summed E-state index contributed by atoms with van der Waals surface area (Å²) in [5, 5.41) is 3.68. The van der Waals surface area contributed by atoms with Gasteiger partial charge in [0.05, 0.1) is 0 Å². The molecule has 0 spiro atoms. The lowest BCUT2D eigenvalue weighted by Crippen LogP contribution is -2.31. The Morgan fingerprint density at radius 1 is 1.26 bits per heavy atom. The van der Waals surface area contributed by atoms with Gasteiger partial charge in [0, 0.05) is 6.04 Å². The summed E-state index contributed by atoms with van der Waals surface area (Å²) in [5.74, 6) is 0.833. The second-order valence-electron chi connectivity index (χ2n) is 6.30. The molecule has 0 aliphatic carbocycles. The molecule has 0 amide bonds. The Kier molecular flexibility index (Phi) is 5.41. The van der Waals surface area contributed by atoms with Crippen molar-refractivity contribution in [3.8, 4) is 0 Å². The SMILES string of the molecule is CC1CCC(c2cccc(CCCN(C)C)c2)NC1. The van der Waals surface area contributed by atoms with E-state index < -0.39 is 0 Å². The minimum atomic E-state index is 0.574. The second-order valence-corrected chi connectivity index (χ2v) is 6.30. The Labute approximate surface area is 118 Å². The van der Waals surface area contributed by atoms with Crippen LogP contribution in [0.2, 0.25) is 0 Å². The fourth-order valence-electron chi connectivity index (χ4n) is 2.85. The molecule has 1 aromatic carbocycles. The molecule has 0 radical (unpaired) electrons. The number of nitrogens with zero attached hydrogens (tertiary/aromatic N) is 1. The predicted octanol–water partition coefficient (Wildman–Crippen LogP) is 3.24. The van der Waals surface area contributed by atoms with Gasteiger partial charge in [-0.05, 0) is 69.9 Å². The molecular formula is C17H28N2. The third kappa shape index (κ3) is 4.63. The van der Waals surface area contributed by atoms with Gasteiger partial charge in [0.2, 0.25) is 0 Å². The van der Waals surface area contributed by atoms with Gasteiger partial charge < -0.3 is 10.2 Å². The summed E-state index contributed by atoms with van der Waals surface area (Å²) in [7, 11) is 4.28. The van der Waals surface area contributed by atoms with Crippen LogP contribution in [0, 0.1) is 5.92 Å². The van der Waals surface area contributed by atoms with Crippen molar-refractivity contribution in [2.75, 3.05) is 27.2 Å². The third-order valence-corrected chi connectivity index (χ3v) is 4.09. The van der Waals surface area contributed by atoms with Crippen LogP contribution in [0.3, 0.4) is 0 Å². The number of hydrogen-bond acceptors (Lipinski definition) is 2. The van der Waals surface area contributed by atoms with Crippen molar-refractivity contribution >= 4 is 0 Å². The lowest BCUT2D eigenvalue weighted by atomic mass is 9.91. The van der Waals surface area contributed by atoms with E-state index in [4.69, 9.17) is 0 Å². The molecule has 2 rings (SSSR count). The summed E-state index contributed by atoms with van der Waals surface area (Å²) in [6.07, 6.45) is 5.06. The van der Waals surface area contributed by atoms with Crippen LogP contribution in [0.4, 0.5) is 0 Å². The highest BCUT2D eigenvalue weighted by Crippen LogP contribution is 2.26. The van der Waals surface area contributed by atoms with E-state index >= 15 is 0 Å². The summed E-state index contributed by atoms with van der Waals surface area (Å²) in [5.41, 5.74) is 2.97. The summed E-state index contributed by atoms with van der Waals surface area (Å²) >= 11 is 0. The van der Waals surface area contributed by atoms with Gasteiger partial charge in [-0.25, -0.2) is 0 Å². The maximum absolute atomic E-state index is 3.68. The maximum Gasteiger partial charge on any atom is 0.0320 e. The van der Waals surface area contributed by atoms with Gasteiger partial charge in [-0.3, -0.25) is 0 Å². The minimum Gasteiger partial charge on any atom is -0.310 e. The van der Waals surface area contributed by atoms with Crippen molar-refractivity contribution in [3.05, 3.63) is 35.4 Å². The number of hydrogen-bond donors (Lipinski definition) is 1. The molecule has 1 aromatic rings.